The van der Waals surface area contributed by atoms with Crippen LogP contribution in [0.3, 0.4) is 0 Å². The van der Waals surface area contributed by atoms with Gasteiger partial charge in [-0.3, -0.25) is 4.90 Å². The molecule has 0 amide bonds. The molecule has 1 saturated heterocycles. The molecule has 1 aliphatic heterocycles. The summed E-state index contributed by atoms with van der Waals surface area (Å²) in [6.07, 6.45) is 2.54. The summed E-state index contributed by atoms with van der Waals surface area (Å²) >= 11 is 5.38. The van der Waals surface area contributed by atoms with Gasteiger partial charge in [0.1, 0.15) is 0 Å². The lowest BCUT2D eigenvalue weighted by molar-refractivity contribution is 0.0849. The minimum atomic E-state index is 0.493. The van der Waals surface area contributed by atoms with Crippen LogP contribution in [0.4, 0.5) is 0 Å². The third-order valence-electron chi connectivity index (χ3n) is 3.80. The molecular weight excluding hydrogens is 296 g/mol. The number of likely N-dealkylation sites (tertiary alicyclic amines) is 1. The van der Waals surface area contributed by atoms with Crippen molar-refractivity contribution in [2.75, 3.05) is 13.1 Å². The van der Waals surface area contributed by atoms with Crippen LogP contribution in [0.5, 0.6) is 0 Å². The Balaban J connectivity index is 2.09. The Morgan fingerprint density at radius 3 is 2.94 bits per heavy atom. The number of nitrogens with zero attached hydrogens (tertiary/aromatic N) is 1. The highest BCUT2D eigenvalue weighted by Crippen LogP contribution is 2.34. The smallest absolute Gasteiger partial charge is 0.0701 e. The Morgan fingerprint density at radius 2 is 2.35 bits per heavy atom. The predicted octanol–water partition coefficient (Wildman–Crippen LogP) is 3.63. The first kappa shape index (κ1) is 13.5. The van der Waals surface area contributed by atoms with Gasteiger partial charge in [-0.15, -0.1) is 11.3 Å². The zero-order chi connectivity index (χ0) is 12.4. The number of hydrogen-bond acceptors (Lipinski definition) is 3. The number of thiophene rings is 1. The van der Waals surface area contributed by atoms with Gasteiger partial charge < -0.3 is 5.73 Å². The molecule has 2 heterocycles. The summed E-state index contributed by atoms with van der Waals surface area (Å²) in [6.45, 7) is 6.60. The topological polar surface area (TPSA) is 29.3 Å². The minimum absolute atomic E-state index is 0.493. The van der Waals surface area contributed by atoms with Crippen LogP contribution in [0.2, 0.25) is 0 Å². The summed E-state index contributed by atoms with van der Waals surface area (Å²) < 4.78 is 1.22. The summed E-state index contributed by atoms with van der Waals surface area (Å²) in [6, 6.07) is 5.41. The van der Waals surface area contributed by atoms with Gasteiger partial charge in [0.25, 0.3) is 0 Å². The molecule has 0 radical (unpaired) electrons. The number of hydrogen-bond donors (Lipinski definition) is 1. The maximum atomic E-state index is 5.93. The van der Waals surface area contributed by atoms with Crippen molar-refractivity contribution < 1.29 is 0 Å². The third-order valence-corrected chi connectivity index (χ3v) is 5.59. The van der Waals surface area contributed by atoms with Gasteiger partial charge in [0.15, 0.2) is 0 Å². The van der Waals surface area contributed by atoms with Crippen LogP contribution in [-0.2, 0) is 0 Å². The van der Waals surface area contributed by atoms with Crippen LogP contribution in [-0.4, -0.2) is 24.0 Å². The van der Waals surface area contributed by atoms with Gasteiger partial charge in [-0.25, -0.2) is 0 Å². The molecular formula is C13H21BrN2S. The zero-order valence-corrected chi connectivity index (χ0v) is 12.9. The fourth-order valence-electron chi connectivity index (χ4n) is 2.73. The van der Waals surface area contributed by atoms with Crippen LogP contribution in [0.25, 0.3) is 0 Å². The van der Waals surface area contributed by atoms with Crippen molar-refractivity contribution in [2.45, 2.75) is 38.8 Å². The van der Waals surface area contributed by atoms with E-state index in [1.807, 2.05) is 11.3 Å². The first-order valence-corrected chi connectivity index (χ1v) is 7.93. The predicted molar refractivity (Wildman–Crippen MR) is 78.4 cm³/mol. The van der Waals surface area contributed by atoms with Crippen LogP contribution in [0.15, 0.2) is 15.9 Å². The third kappa shape index (κ3) is 3.11. The molecule has 0 bridgehead atoms. The second-order valence-electron chi connectivity index (χ2n) is 5.07. The summed E-state index contributed by atoms with van der Waals surface area (Å²) in [5, 5.41) is 0. The standard InChI is InChI=1S/C13H21BrN2S/c1-9-5-6-16(11(7-9)8-15)10(2)12-3-4-13(14)17-12/h3-4,9-11H,5-8,15H2,1-2H3. The van der Waals surface area contributed by atoms with Crippen molar-refractivity contribution in [3.05, 3.63) is 20.8 Å². The van der Waals surface area contributed by atoms with Crippen LogP contribution in [0, 0.1) is 5.92 Å². The molecule has 0 saturated carbocycles. The van der Waals surface area contributed by atoms with Gasteiger partial charge in [-0.2, -0.15) is 0 Å². The van der Waals surface area contributed by atoms with Gasteiger partial charge >= 0.3 is 0 Å². The van der Waals surface area contributed by atoms with Gasteiger partial charge in [0, 0.05) is 23.5 Å². The lowest BCUT2D eigenvalue weighted by atomic mass is 9.91. The van der Waals surface area contributed by atoms with Gasteiger partial charge in [-0.05, 0) is 60.3 Å². The van der Waals surface area contributed by atoms with Crippen LogP contribution in [0.1, 0.15) is 37.6 Å². The van der Waals surface area contributed by atoms with Gasteiger partial charge in [0.2, 0.25) is 0 Å². The quantitative estimate of drug-likeness (QED) is 0.922. The average molecular weight is 317 g/mol. The SMILES string of the molecule is CC1CCN(C(C)c2ccc(Br)s2)C(CN)C1. The molecule has 96 valence electrons. The molecule has 17 heavy (non-hydrogen) atoms. The van der Waals surface area contributed by atoms with E-state index in [4.69, 9.17) is 5.73 Å². The van der Waals surface area contributed by atoms with E-state index in [1.54, 1.807) is 0 Å². The average Bonchev–Trinajstić information content (AvgIpc) is 2.75. The highest BCUT2D eigenvalue weighted by atomic mass is 79.9. The summed E-state index contributed by atoms with van der Waals surface area (Å²) in [5.74, 6) is 0.821. The first-order chi connectivity index (χ1) is 8.11. The molecule has 0 spiro atoms. The molecule has 2 N–H and O–H groups in total. The molecule has 2 nitrogen and oxygen atoms in total. The highest BCUT2D eigenvalue weighted by molar-refractivity contribution is 9.11. The molecule has 1 aromatic heterocycles. The van der Waals surface area contributed by atoms with E-state index in [1.165, 1.54) is 28.0 Å². The first-order valence-electron chi connectivity index (χ1n) is 6.33. The molecule has 3 atom stereocenters. The Morgan fingerprint density at radius 1 is 1.59 bits per heavy atom. The molecule has 0 aliphatic carbocycles. The normalized spacial score (nSPS) is 28.2. The fourth-order valence-corrected chi connectivity index (χ4v) is 4.22. The number of piperidine rings is 1. The molecule has 1 aromatic rings. The van der Waals surface area contributed by atoms with E-state index in [-0.39, 0.29) is 0 Å². The Bertz CT molecular complexity index is 366. The maximum absolute atomic E-state index is 5.93. The largest absolute Gasteiger partial charge is 0.329 e. The second-order valence-corrected chi connectivity index (χ2v) is 7.57. The summed E-state index contributed by atoms with van der Waals surface area (Å²) in [5.41, 5.74) is 5.93. The monoisotopic (exact) mass is 316 g/mol. The summed E-state index contributed by atoms with van der Waals surface area (Å²) in [7, 11) is 0. The zero-order valence-electron chi connectivity index (χ0n) is 10.5. The highest BCUT2D eigenvalue weighted by Gasteiger charge is 2.29. The Hall–Kier alpha value is 0.1000. The Labute approximate surface area is 116 Å². The van der Waals surface area contributed by atoms with E-state index in [9.17, 15) is 0 Å². The molecule has 0 aromatic carbocycles. The molecule has 1 fully saturated rings. The molecule has 4 heteroatoms. The number of nitrogens with two attached hydrogens (primary N) is 1. The Kier molecular flexibility index (Phi) is 4.64. The van der Waals surface area contributed by atoms with Crippen molar-refractivity contribution in [3.63, 3.8) is 0 Å². The lowest BCUT2D eigenvalue weighted by Gasteiger charge is -2.41. The number of halogens is 1. The van der Waals surface area contributed by atoms with E-state index in [2.05, 4.69) is 46.8 Å². The molecule has 2 rings (SSSR count). The van der Waals surface area contributed by atoms with Crippen LogP contribution >= 0.6 is 27.3 Å². The van der Waals surface area contributed by atoms with Crippen LogP contribution < -0.4 is 5.73 Å². The van der Waals surface area contributed by atoms with E-state index in [0.717, 1.165) is 12.5 Å². The second kappa shape index (κ2) is 5.83. The lowest BCUT2D eigenvalue weighted by Crippen LogP contribution is -2.47. The van der Waals surface area contributed by atoms with Crippen molar-refractivity contribution in [3.8, 4) is 0 Å². The van der Waals surface area contributed by atoms with Gasteiger partial charge in [0.05, 0.1) is 3.79 Å². The van der Waals surface area contributed by atoms with E-state index < -0.39 is 0 Å². The van der Waals surface area contributed by atoms with Crippen molar-refractivity contribution >= 4 is 27.3 Å². The van der Waals surface area contributed by atoms with Crippen molar-refractivity contribution in [1.82, 2.24) is 4.90 Å². The number of rotatable bonds is 3. The minimum Gasteiger partial charge on any atom is -0.329 e. The molecule has 3 unspecified atom stereocenters. The van der Waals surface area contributed by atoms with E-state index in [0.29, 0.717) is 12.1 Å². The fraction of sp³-hybridized carbons (Fsp3) is 0.692. The van der Waals surface area contributed by atoms with Crippen molar-refractivity contribution in [2.24, 2.45) is 11.7 Å². The summed E-state index contributed by atoms with van der Waals surface area (Å²) in [4.78, 5) is 4.02. The van der Waals surface area contributed by atoms with E-state index >= 15 is 0 Å². The van der Waals surface area contributed by atoms with Crippen molar-refractivity contribution in [1.29, 1.82) is 0 Å². The molecule has 1 aliphatic rings. The maximum Gasteiger partial charge on any atom is 0.0701 e. The van der Waals surface area contributed by atoms with Gasteiger partial charge in [-0.1, -0.05) is 6.92 Å².